The van der Waals surface area contributed by atoms with Crippen LogP contribution in [0, 0.1) is 12.8 Å². The summed E-state index contributed by atoms with van der Waals surface area (Å²) in [6, 6.07) is 19.4. The maximum absolute atomic E-state index is 12.5. The van der Waals surface area contributed by atoms with Gasteiger partial charge in [-0.05, 0) is 68.0 Å². The molecule has 0 bridgehead atoms. The number of amides is 1. The highest BCUT2D eigenvalue weighted by Crippen LogP contribution is 2.22. The van der Waals surface area contributed by atoms with Gasteiger partial charge in [-0.25, -0.2) is 9.48 Å². The molecule has 2 heterocycles. The molecule has 0 aliphatic carbocycles. The molecule has 6 nitrogen and oxygen atoms in total. The Morgan fingerprint density at radius 3 is 2.35 bits per heavy atom. The van der Waals surface area contributed by atoms with Gasteiger partial charge in [-0.3, -0.25) is 4.79 Å². The molecule has 6 heteroatoms. The highest BCUT2D eigenvalue weighted by atomic mass is 16.5. The van der Waals surface area contributed by atoms with Gasteiger partial charge in [-0.15, -0.1) is 0 Å². The fourth-order valence-corrected chi connectivity index (χ4v) is 4.01. The quantitative estimate of drug-likeness (QED) is 0.572. The molecule has 1 fully saturated rings. The van der Waals surface area contributed by atoms with Crippen molar-refractivity contribution in [1.29, 1.82) is 0 Å². The maximum Gasteiger partial charge on any atom is 0.338 e. The molecule has 0 atom stereocenters. The maximum atomic E-state index is 12.5. The largest absolute Gasteiger partial charge is 0.452 e. The van der Waals surface area contributed by atoms with E-state index in [1.54, 1.807) is 27.9 Å². The molecule has 4 rings (SSSR count). The third-order valence-electron chi connectivity index (χ3n) is 5.84. The number of esters is 1. The smallest absolute Gasteiger partial charge is 0.338 e. The van der Waals surface area contributed by atoms with Gasteiger partial charge in [-0.1, -0.05) is 30.3 Å². The van der Waals surface area contributed by atoms with Gasteiger partial charge in [0.25, 0.3) is 5.91 Å². The summed E-state index contributed by atoms with van der Waals surface area (Å²) < 4.78 is 7.06. The summed E-state index contributed by atoms with van der Waals surface area (Å²) >= 11 is 0. The van der Waals surface area contributed by atoms with E-state index in [0.29, 0.717) is 24.6 Å². The van der Waals surface area contributed by atoms with Crippen molar-refractivity contribution in [2.24, 2.45) is 5.92 Å². The number of piperidine rings is 1. The van der Waals surface area contributed by atoms with Gasteiger partial charge in [0.15, 0.2) is 6.61 Å². The minimum absolute atomic E-state index is 0.129. The Morgan fingerprint density at radius 2 is 1.71 bits per heavy atom. The number of hydrogen-bond acceptors (Lipinski definition) is 4. The molecule has 0 saturated carbocycles. The second-order valence-corrected chi connectivity index (χ2v) is 8.02. The average Bonchev–Trinajstić information content (AvgIpc) is 3.24. The molecule has 2 aromatic carbocycles. The molecule has 0 unspecified atom stereocenters. The number of ether oxygens (including phenoxy) is 1. The molecule has 1 saturated heterocycles. The van der Waals surface area contributed by atoms with Crippen LogP contribution >= 0.6 is 0 Å². The molecule has 1 aromatic heterocycles. The van der Waals surface area contributed by atoms with Gasteiger partial charge in [0.1, 0.15) is 0 Å². The minimum atomic E-state index is -0.490. The van der Waals surface area contributed by atoms with Gasteiger partial charge < -0.3 is 9.64 Å². The van der Waals surface area contributed by atoms with E-state index in [-0.39, 0.29) is 12.5 Å². The topological polar surface area (TPSA) is 64.4 Å². The molecule has 1 amide bonds. The van der Waals surface area contributed by atoms with Crippen LogP contribution in [-0.4, -0.2) is 46.3 Å². The van der Waals surface area contributed by atoms with Gasteiger partial charge in [0.2, 0.25) is 0 Å². The molecular weight excluding hydrogens is 390 g/mol. The first-order valence-corrected chi connectivity index (χ1v) is 10.7. The predicted octanol–water partition coefficient (Wildman–Crippen LogP) is 3.82. The Kier molecular flexibility index (Phi) is 6.46. The number of carbonyl (C=O) groups is 2. The second-order valence-electron chi connectivity index (χ2n) is 8.02. The van der Waals surface area contributed by atoms with E-state index >= 15 is 0 Å². The average molecular weight is 418 g/mol. The van der Waals surface area contributed by atoms with Gasteiger partial charge in [-0.2, -0.15) is 5.10 Å². The van der Waals surface area contributed by atoms with E-state index in [9.17, 15) is 9.59 Å². The molecule has 0 N–H and O–H groups in total. The summed E-state index contributed by atoms with van der Waals surface area (Å²) in [4.78, 5) is 26.6. The zero-order valence-corrected chi connectivity index (χ0v) is 17.7. The van der Waals surface area contributed by atoms with E-state index in [0.717, 1.165) is 30.6 Å². The third kappa shape index (κ3) is 5.20. The van der Waals surface area contributed by atoms with Crippen molar-refractivity contribution in [2.45, 2.75) is 26.2 Å². The van der Waals surface area contributed by atoms with Gasteiger partial charge >= 0.3 is 5.97 Å². The summed E-state index contributed by atoms with van der Waals surface area (Å²) in [7, 11) is 0. The van der Waals surface area contributed by atoms with Crippen molar-refractivity contribution < 1.29 is 14.3 Å². The predicted molar refractivity (Wildman–Crippen MR) is 118 cm³/mol. The Hall–Kier alpha value is -3.41. The van der Waals surface area contributed by atoms with E-state index < -0.39 is 5.97 Å². The van der Waals surface area contributed by atoms with E-state index in [4.69, 9.17) is 4.74 Å². The lowest BCUT2D eigenvalue weighted by Crippen LogP contribution is -2.41. The van der Waals surface area contributed by atoms with Crippen LogP contribution < -0.4 is 0 Å². The van der Waals surface area contributed by atoms with Gasteiger partial charge in [0.05, 0.1) is 11.3 Å². The number of carbonyl (C=O) groups excluding carboxylic acids is 2. The van der Waals surface area contributed by atoms with E-state index in [1.165, 1.54) is 5.56 Å². The first kappa shape index (κ1) is 20.8. The van der Waals surface area contributed by atoms with Crippen LogP contribution in [0.4, 0.5) is 0 Å². The molecule has 1 aliphatic heterocycles. The molecule has 31 heavy (non-hydrogen) atoms. The third-order valence-corrected chi connectivity index (χ3v) is 5.84. The monoisotopic (exact) mass is 417 g/mol. The fourth-order valence-electron chi connectivity index (χ4n) is 4.01. The van der Waals surface area contributed by atoms with Crippen LogP contribution in [0.3, 0.4) is 0 Å². The number of rotatable bonds is 6. The Morgan fingerprint density at radius 1 is 1.00 bits per heavy atom. The van der Waals surface area contributed by atoms with E-state index in [1.807, 2.05) is 31.2 Å². The molecule has 1 aliphatic rings. The Labute approximate surface area is 182 Å². The van der Waals surface area contributed by atoms with Crippen molar-refractivity contribution in [2.75, 3.05) is 19.7 Å². The van der Waals surface area contributed by atoms with Crippen molar-refractivity contribution in [1.82, 2.24) is 14.7 Å². The van der Waals surface area contributed by atoms with Crippen LogP contribution in [0.1, 0.15) is 34.5 Å². The highest BCUT2D eigenvalue weighted by molar-refractivity contribution is 5.91. The van der Waals surface area contributed by atoms with Crippen LogP contribution in [0.25, 0.3) is 5.69 Å². The summed E-state index contributed by atoms with van der Waals surface area (Å²) in [5.74, 6) is -0.0303. The first-order valence-electron chi connectivity index (χ1n) is 10.7. The molecule has 160 valence electrons. The van der Waals surface area contributed by atoms with Crippen LogP contribution in [0.5, 0.6) is 0 Å². The van der Waals surface area contributed by atoms with Crippen molar-refractivity contribution in [3.63, 3.8) is 0 Å². The molecular formula is C25H27N3O3. The zero-order chi connectivity index (χ0) is 21.6. The van der Waals surface area contributed by atoms with Crippen molar-refractivity contribution in [3.05, 3.63) is 83.7 Å². The zero-order valence-electron chi connectivity index (χ0n) is 17.7. The Bertz CT molecular complexity index is 1020. The second kappa shape index (κ2) is 9.60. The highest BCUT2D eigenvalue weighted by Gasteiger charge is 2.24. The number of nitrogens with zero attached hydrogens (tertiary/aromatic N) is 3. The number of likely N-dealkylation sites (tertiary alicyclic amines) is 1. The Balaban J connectivity index is 1.23. The lowest BCUT2D eigenvalue weighted by atomic mass is 9.90. The molecule has 0 radical (unpaired) electrons. The standard InChI is InChI=1S/C25H27N3O3/c1-19-11-14-26-28(19)23-9-7-22(8-10-23)25(30)31-18-24(29)27-15-12-21(13-16-27)17-20-5-3-2-4-6-20/h2-11,14,21H,12-13,15-18H2,1H3. The molecule has 3 aromatic rings. The normalized spacial score (nSPS) is 14.4. The number of benzene rings is 2. The summed E-state index contributed by atoms with van der Waals surface area (Å²) in [6.45, 7) is 3.17. The van der Waals surface area contributed by atoms with Crippen molar-refractivity contribution >= 4 is 11.9 Å². The van der Waals surface area contributed by atoms with Crippen LogP contribution in [-0.2, 0) is 16.0 Å². The number of aromatic nitrogens is 2. The van der Waals surface area contributed by atoms with E-state index in [2.05, 4.69) is 29.4 Å². The minimum Gasteiger partial charge on any atom is -0.452 e. The van der Waals surface area contributed by atoms with Crippen LogP contribution in [0.15, 0.2) is 66.9 Å². The summed E-state index contributed by atoms with van der Waals surface area (Å²) in [5, 5.41) is 4.25. The molecule has 0 spiro atoms. The van der Waals surface area contributed by atoms with Crippen molar-refractivity contribution in [3.8, 4) is 5.69 Å². The summed E-state index contributed by atoms with van der Waals surface area (Å²) in [5.41, 5.74) is 3.64. The lowest BCUT2D eigenvalue weighted by molar-refractivity contribution is -0.135. The summed E-state index contributed by atoms with van der Waals surface area (Å²) in [6.07, 6.45) is 4.73. The first-order chi connectivity index (χ1) is 15.1. The number of hydrogen-bond donors (Lipinski definition) is 0. The van der Waals surface area contributed by atoms with Crippen LogP contribution in [0.2, 0.25) is 0 Å². The SMILES string of the molecule is Cc1ccnn1-c1ccc(C(=O)OCC(=O)N2CCC(Cc3ccccc3)CC2)cc1. The lowest BCUT2D eigenvalue weighted by Gasteiger charge is -2.32. The fraction of sp³-hybridized carbons (Fsp3) is 0.320. The van der Waals surface area contributed by atoms with Gasteiger partial charge in [0, 0.05) is 25.0 Å². The number of aryl methyl sites for hydroxylation is 1.